The van der Waals surface area contributed by atoms with Gasteiger partial charge in [0.15, 0.2) is 0 Å². The molecule has 2 fully saturated rings. The van der Waals surface area contributed by atoms with Crippen molar-refractivity contribution >= 4 is 0 Å². The molecule has 138 valence electrons. The maximum atomic E-state index is 6.32. The molecule has 1 atom stereocenters. The van der Waals surface area contributed by atoms with Crippen molar-refractivity contribution in [1.82, 2.24) is 20.5 Å². The van der Waals surface area contributed by atoms with Gasteiger partial charge < -0.3 is 10.1 Å². The summed E-state index contributed by atoms with van der Waals surface area (Å²) in [6, 6.07) is 8.35. The summed E-state index contributed by atoms with van der Waals surface area (Å²) in [5, 5.41) is 11.4. The minimum atomic E-state index is 0.0881. The molecule has 1 spiro atoms. The Labute approximate surface area is 155 Å². The van der Waals surface area contributed by atoms with Gasteiger partial charge in [0.05, 0.1) is 11.8 Å². The Hall–Kier alpha value is -1.85. The summed E-state index contributed by atoms with van der Waals surface area (Å²) in [4.78, 5) is 4.76. The van der Waals surface area contributed by atoms with Crippen LogP contribution in [0.4, 0.5) is 0 Å². The van der Waals surface area contributed by atoms with Gasteiger partial charge in [0.2, 0.25) is 0 Å². The summed E-state index contributed by atoms with van der Waals surface area (Å²) in [7, 11) is 0. The molecule has 2 aromatic rings. The van der Waals surface area contributed by atoms with Gasteiger partial charge in [-0.05, 0) is 62.4 Å². The van der Waals surface area contributed by atoms with E-state index in [4.69, 9.17) is 9.72 Å². The molecule has 0 amide bonds. The van der Waals surface area contributed by atoms with Crippen LogP contribution in [0.5, 0.6) is 0 Å². The zero-order valence-electron chi connectivity index (χ0n) is 15.4. The lowest BCUT2D eigenvalue weighted by Crippen LogP contribution is -2.47. The maximum absolute atomic E-state index is 6.32. The second kappa shape index (κ2) is 7.80. The lowest BCUT2D eigenvalue weighted by Gasteiger charge is -2.46. The molecule has 26 heavy (non-hydrogen) atoms. The van der Waals surface area contributed by atoms with E-state index in [-0.39, 0.29) is 11.0 Å². The first-order valence-corrected chi connectivity index (χ1v) is 9.82. The lowest BCUT2D eigenvalue weighted by molar-refractivity contribution is -0.104. The number of nitrogens with one attached hydrogen (secondary N) is 1. The van der Waals surface area contributed by atoms with Crippen molar-refractivity contribution in [2.75, 3.05) is 13.2 Å². The monoisotopic (exact) mass is 352 g/mol. The average molecular weight is 352 g/mol. The fourth-order valence-corrected chi connectivity index (χ4v) is 4.78. The smallest absolute Gasteiger partial charge is 0.0691 e. The van der Waals surface area contributed by atoms with Crippen LogP contribution in [0.15, 0.2) is 42.9 Å². The minimum Gasteiger partial charge on any atom is -0.375 e. The lowest BCUT2D eigenvalue weighted by atomic mass is 9.68. The van der Waals surface area contributed by atoms with E-state index in [0.29, 0.717) is 0 Å². The Balaban J connectivity index is 1.46. The van der Waals surface area contributed by atoms with Gasteiger partial charge in [-0.25, -0.2) is 0 Å². The highest BCUT2D eigenvalue weighted by molar-refractivity contribution is 5.20. The van der Waals surface area contributed by atoms with Crippen LogP contribution in [0.3, 0.4) is 0 Å². The average Bonchev–Trinajstić information content (AvgIpc) is 3.14. The van der Waals surface area contributed by atoms with Gasteiger partial charge in [0, 0.05) is 36.7 Å². The van der Waals surface area contributed by atoms with Crippen molar-refractivity contribution < 1.29 is 4.74 Å². The van der Waals surface area contributed by atoms with Gasteiger partial charge in [0.1, 0.15) is 0 Å². The van der Waals surface area contributed by atoms with E-state index in [1.54, 1.807) is 6.20 Å². The van der Waals surface area contributed by atoms with Crippen LogP contribution >= 0.6 is 0 Å². The van der Waals surface area contributed by atoms with E-state index in [0.717, 1.165) is 39.0 Å². The summed E-state index contributed by atoms with van der Waals surface area (Å²) in [5.41, 5.74) is 2.62. The van der Waals surface area contributed by atoms with E-state index in [9.17, 15) is 0 Å². The zero-order chi connectivity index (χ0) is 17.7. The molecule has 0 aromatic carbocycles. The maximum Gasteiger partial charge on any atom is 0.0691 e. The van der Waals surface area contributed by atoms with Crippen molar-refractivity contribution in [3.63, 3.8) is 0 Å². The minimum absolute atomic E-state index is 0.0881. The standard InChI is InChI=1S/C21H28N4O/c1-4-11-23-19(5-1)20(9-13-22-15-18-6-12-24-25-16-18)10-14-26-21(17-20)7-2-3-8-21/h1,4-6,11-12,16,22H,2-3,7-10,13-15,17H2/t20-/m1/s1. The topological polar surface area (TPSA) is 59.9 Å². The zero-order valence-corrected chi connectivity index (χ0v) is 15.4. The molecule has 1 N–H and O–H groups in total. The molecule has 3 heterocycles. The molecule has 1 aliphatic heterocycles. The second-order valence-electron chi connectivity index (χ2n) is 7.84. The van der Waals surface area contributed by atoms with Crippen molar-refractivity contribution in [3.05, 3.63) is 54.1 Å². The first-order valence-electron chi connectivity index (χ1n) is 9.82. The first-order chi connectivity index (χ1) is 12.8. The third-order valence-electron chi connectivity index (χ3n) is 6.13. The van der Waals surface area contributed by atoms with E-state index >= 15 is 0 Å². The summed E-state index contributed by atoms with van der Waals surface area (Å²) in [5.74, 6) is 0. The van der Waals surface area contributed by atoms with Gasteiger partial charge in [0.25, 0.3) is 0 Å². The molecule has 2 aromatic heterocycles. The van der Waals surface area contributed by atoms with Crippen LogP contribution in [0.1, 0.15) is 56.2 Å². The summed E-state index contributed by atoms with van der Waals surface area (Å²) >= 11 is 0. The van der Waals surface area contributed by atoms with Crippen LogP contribution in [-0.2, 0) is 16.7 Å². The SMILES string of the molecule is c1ccc([C@]2(CCNCc3ccnnc3)CCOC3(CCCC3)C2)nc1. The van der Waals surface area contributed by atoms with E-state index in [2.05, 4.69) is 27.6 Å². The summed E-state index contributed by atoms with van der Waals surface area (Å²) in [6.07, 6.45) is 13.8. The number of rotatable bonds is 6. The van der Waals surface area contributed by atoms with Gasteiger partial charge >= 0.3 is 0 Å². The van der Waals surface area contributed by atoms with Gasteiger partial charge in [-0.3, -0.25) is 4.98 Å². The summed E-state index contributed by atoms with van der Waals surface area (Å²) < 4.78 is 6.32. The molecular weight excluding hydrogens is 324 g/mol. The van der Waals surface area contributed by atoms with Gasteiger partial charge in [-0.15, -0.1) is 0 Å². The Bertz CT molecular complexity index is 688. The van der Waals surface area contributed by atoms with Crippen molar-refractivity contribution in [3.8, 4) is 0 Å². The molecule has 0 unspecified atom stereocenters. The van der Waals surface area contributed by atoms with E-state index in [1.165, 1.54) is 36.9 Å². The molecule has 5 nitrogen and oxygen atoms in total. The third kappa shape index (κ3) is 3.79. The first kappa shape index (κ1) is 17.6. The molecule has 0 bridgehead atoms. The molecule has 4 rings (SSSR count). The van der Waals surface area contributed by atoms with Crippen molar-refractivity contribution in [1.29, 1.82) is 0 Å². The van der Waals surface area contributed by atoms with Crippen LogP contribution in [0.2, 0.25) is 0 Å². The number of nitrogens with zero attached hydrogens (tertiary/aromatic N) is 3. The number of hydrogen-bond donors (Lipinski definition) is 1. The molecule has 1 saturated carbocycles. The van der Waals surface area contributed by atoms with Gasteiger partial charge in [-0.2, -0.15) is 10.2 Å². The summed E-state index contributed by atoms with van der Waals surface area (Å²) in [6.45, 7) is 2.65. The molecule has 5 heteroatoms. The van der Waals surface area contributed by atoms with Crippen LogP contribution in [-0.4, -0.2) is 33.9 Å². The third-order valence-corrected chi connectivity index (χ3v) is 6.13. The van der Waals surface area contributed by atoms with Crippen LogP contribution in [0.25, 0.3) is 0 Å². The highest BCUT2D eigenvalue weighted by atomic mass is 16.5. The van der Waals surface area contributed by atoms with Crippen molar-refractivity contribution in [2.24, 2.45) is 0 Å². The number of ether oxygens (including phenoxy) is 1. The normalized spacial score (nSPS) is 24.8. The van der Waals surface area contributed by atoms with Crippen LogP contribution in [0, 0.1) is 0 Å². The fourth-order valence-electron chi connectivity index (χ4n) is 4.78. The highest BCUT2D eigenvalue weighted by Gasteiger charge is 2.48. The number of aromatic nitrogens is 3. The Morgan fingerprint density at radius 3 is 2.73 bits per heavy atom. The Kier molecular flexibility index (Phi) is 5.27. The second-order valence-corrected chi connectivity index (χ2v) is 7.84. The Morgan fingerprint density at radius 1 is 1.04 bits per heavy atom. The molecule has 2 aliphatic rings. The Morgan fingerprint density at radius 2 is 1.96 bits per heavy atom. The predicted octanol–water partition coefficient (Wildman–Crippen LogP) is 3.41. The fraction of sp³-hybridized carbons (Fsp3) is 0.571. The largest absolute Gasteiger partial charge is 0.375 e. The number of pyridine rings is 1. The predicted molar refractivity (Wildman–Crippen MR) is 101 cm³/mol. The number of hydrogen-bond acceptors (Lipinski definition) is 5. The van der Waals surface area contributed by atoms with E-state index < -0.39 is 0 Å². The van der Waals surface area contributed by atoms with Crippen molar-refractivity contribution in [2.45, 2.75) is 62.5 Å². The molecule has 1 saturated heterocycles. The molecule has 0 radical (unpaired) electrons. The molecular formula is C21H28N4O. The molecule has 1 aliphatic carbocycles. The van der Waals surface area contributed by atoms with E-state index in [1.807, 2.05) is 24.5 Å². The van der Waals surface area contributed by atoms with Crippen LogP contribution < -0.4 is 5.32 Å². The quantitative estimate of drug-likeness (QED) is 0.807. The highest BCUT2D eigenvalue weighted by Crippen LogP contribution is 2.49. The van der Waals surface area contributed by atoms with Gasteiger partial charge in [-0.1, -0.05) is 18.9 Å².